The molecule has 2 heterocycles. The lowest BCUT2D eigenvalue weighted by atomic mass is 9.49. The molecule has 0 saturated heterocycles. The van der Waals surface area contributed by atoms with Crippen LogP contribution in [0.3, 0.4) is 0 Å². The Morgan fingerprint density at radius 2 is 1.83 bits per heavy atom. The van der Waals surface area contributed by atoms with E-state index >= 15 is 0 Å². The highest BCUT2D eigenvalue weighted by atomic mass is 16.3. The number of nitrogens with zero attached hydrogens (tertiary/aromatic N) is 2. The molecule has 5 heteroatoms. The summed E-state index contributed by atoms with van der Waals surface area (Å²) in [4.78, 5) is 21.9. The number of nitrogens with one attached hydrogen (secondary N) is 1. The Balaban J connectivity index is 1.23. The van der Waals surface area contributed by atoms with Crippen LogP contribution < -0.4 is 5.32 Å². The van der Waals surface area contributed by atoms with Gasteiger partial charge in [0.2, 0.25) is 11.8 Å². The van der Waals surface area contributed by atoms with E-state index in [0.29, 0.717) is 23.5 Å². The Hall–Kier alpha value is -2.69. The van der Waals surface area contributed by atoms with Crippen LogP contribution in [0.1, 0.15) is 50.5 Å². The van der Waals surface area contributed by atoms with Crippen LogP contribution in [0.25, 0.3) is 22.7 Å². The number of hydrogen-bond donors (Lipinski definition) is 1. The molecule has 1 N–H and O–H groups in total. The number of carbonyl (C=O) groups is 1. The number of rotatable bonds is 4. The van der Waals surface area contributed by atoms with Crippen LogP contribution >= 0.6 is 0 Å². The van der Waals surface area contributed by atoms with Gasteiger partial charge in [0.15, 0.2) is 11.2 Å². The van der Waals surface area contributed by atoms with Crippen LogP contribution in [0.5, 0.6) is 0 Å². The zero-order valence-electron chi connectivity index (χ0n) is 17.4. The summed E-state index contributed by atoms with van der Waals surface area (Å²) in [7, 11) is 0. The molecule has 4 aliphatic rings. The highest BCUT2D eigenvalue weighted by Gasteiger charge is 2.51. The predicted molar refractivity (Wildman–Crippen MR) is 116 cm³/mol. The van der Waals surface area contributed by atoms with Crippen molar-refractivity contribution in [3.8, 4) is 11.5 Å². The highest BCUT2D eigenvalue weighted by Crippen LogP contribution is 2.61. The summed E-state index contributed by atoms with van der Waals surface area (Å²) in [6, 6.07) is 9.60. The van der Waals surface area contributed by atoms with Crippen LogP contribution in [0.2, 0.25) is 0 Å². The third kappa shape index (κ3) is 3.03. The lowest BCUT2D eigenvalue weighted by molar-refractivity contribution is -0.124. The van der Waals surface area contributed by atoms with Gasteiger partial charge < -0.3 is 9.73 Å². The molecular weight excluding hydrogens is 374 g/mol. The van der Waals surface area contributed by atoms with Gasteiger partial charge in [-0.3, -0.25) is 4.79 Å². The van der Waals surface area contributed by atoms with E-state index < -0.39 is 0 Å². The van der Waals surface area contributed by atoms with Gasteiger partial charge in [0.25, 0.3) is 0 Å². The van der Waals surface area contributed by atoms with Crippen LogP contribution in [0.4, 0.5) is 5.69 Å². The molecular formula is C25H27N3O2. The number of fused-ring (bicyclic) bond motifs is 1. The van der Waals surface area contributed by atoms with Crippen molar-refractivity contribution in [1.29, 1.82) is 0 Å². The van der Waals surface area contributed by atoms with E-state index in [1.807, 2.05) is 37.3 Å². The summed E-state index contributed by atoms with van der Waals surface area (Å²) in [6.45, 7) is 2.01. The zero-order chi connectivity index (χ0) is 20.3. The van der Waals surface area contributed by atoms with Gasteiger partial charge in [-0.05, 0) is 98.4 Å². The largest absolute Gasteiger partial charge is 0.434 e. The monoisotopic (exact) mass is 401 g/mol. The van der Waals surface area contributed by atoms with Gasteiger partial charge in [0, 0.05) is 23.9 Å². The molecule has 1 amide bonds. The molecule has 154 valence electrons. The molecule has 0 aliphatic heterocycles. The number of pyridine rings is 1. The van der Waals surface area contributed by atoms with E-state index in [9.17, 15) is 4.79 Å². The van der Waals surface area contributed by atoms with Gasteiger partial charge in [-0.15, -0.1) is 0 Å². The number of amides is 1. The highest BCUT2D eigenvalue weighted by molar-refractivity contribution is 5.93. The third-order valence-corrected chi connectivity index (χ3v) is 7.70. The van der Waals surface area contributed by atoms with Crippen LogP contribution in [0.15, 0.2) is 40.9 Å². The van der Waals surface area contributed by atoms with Crippen LogP contribution in [-0.4, -0.2) is 15.9 Å². The van der Waals surface area contributed by atoms with Crippen molar-refractivity contribution in [2.24, 2.45) is 23.2 Å². The molecule has 4 bridgehead atoms. The van der Waals surface area contributed by atoms with Gasteiger partial charge in [-0.2, -0.15) is 4.98 Å². The molecule has 5 nitrogen and oxygen atoms in total. The van der Waals surface area contributed by atoms with E-state index in [1.54, 1.807) is 6.20 Å². The summed E-state index contributed by atoms with van der Waals surface area (Å²) in [5.74, 6) is 3.28. The quantitative estimate of drug-likeness (QED) is 0.605. The summed E-state index contributed by atoms with van der Waals surface area (Å²) in [5.41, 5.74) is 4.23. The van der Waals surface area contributed by atoms with Crippen molar-refractivity contribution < 1.29 is 9.21 Å². The molecule has 4 fully saturated rings. The number of anilines is 1. The number of benzene rings is 1. The minimum atomic E-state index is 0.149. The smallest absolute Gasteiger partial charge is 0.229 e. The van der Waals surface area contributed by atoms with Crippen molar-refractivity contribution in [2.45, 2.75) is 51.9 Å². The van der Waals surface area contributed by atoms with Crippen molar-refractivity contribution >= 4 is 22.8 Å². The lowest BCUT2D eigenvalue weighted by Gasteiger charge is -2.56. The first kappa shape index (κ1) is 18.1. The average molecular weight is 402 g/mol. The lowest BCUT2D eigenvalue weighted by Crippen LogP contribution is -2.47. The molecule has 0 atom stereocenters. The number of oxazole rings is 1. The molecule has 0 radical (unpaired) electrons. The second-order valence-electron chi connectivity index (χ2n) is 9.96. The van der Waals surface area contributed by atoms with Gasteiger partial charge >= 0.3 is 0 Å². The molecule has 2 aromatic heterocycles. The van der Waals surface area contributed by atoms with Crippen molar-refractivity contribution in [1.82, 2.24) is 9.97 Å². The minimum Gasteiger partial charge on any atom is -0.434 e. The Bertz CT molecular complexity index is 1060. The fourth-order valence-corrected chi connectivity index (χ4v) is 6.93. The SMILES string of the molecule is Cc1c(NC(=O)CC23CC4CC(CC(C4)C2)C3)cccc1-c1nc2ncccc2o1. The van der Waals surface area contributed by atoms with E-state index in [4.69, 9.17) is 4.42 Å². The zero-order valence-corrected chi connectivity index (χ0v) is 17.4. The summed E-state index contributed by atoms with van der Waals surface area (Å²) < 4.78 is 5.90. The molecule has 3 aromatic rings. The van der Waals surface area contributed by atoms with Crippen molar-refractivity contribution in [3.05, 3.63) is 42.1 Å². The minimum absolute atomic E-state index is 0.149. The standard InChI is InChI=1S/C25H27N3O2/c1-15-19(24-28-23-21(30-24)6-3-7-26-23)4-2-5-20(15)27-22(29)14-25-11-16-8-17(12-25)10-18(9-16)13-25/h2-7,16-18H,8-14H2,1H3,(H,27,29). The molecule has 7 rings (SSSR count). The number of carbonyl (C=O) groups excluding carboxylic acids is 1. The Labute approximate surface area is 176 Å². The van der Waals surface area contributed by atoms with E-state index in [-0.39, 0.29) is 11.3 Å². The van der Waals surface area contributed by atoms with Gasteiger partial charge in [-0.25, -0.2) is 4.98 Å². The normalized spacial score (nSPS) is 29.4. The molecule has 30 heavy (non-hydrogen) atoms. The summed E-state index contributed by atoms with van der Waals surface area (Å²) >= 11 is 0. The summed E-state index contributed by atoms with van der Waals surface area (Å²) in [5, 5.41) is 3.21. The molecule has 4 aliphatic carbocycles. The third-order valence-electron chi connectivity index (χ3n) is 7.70. The fourth-order valence-electron chi connectivity index (χ4n) is 6.93. The predicted octanol–water partition coefficient (Wildman–Crippen LogP) is 5.74. The van der Waals surface area contributed by atoms with Crippen molar-refractivity contribution in [3.63, 3.8) is 0 Å². The van der Waals surface area contributed by atoms with E-state index in [1.165, 1.54) is 38.5 Å². The topological polar surface area (TPSA) is 68.0 Å². The molecule has 1 aromatic carbocycles. The first-order valence-electron chi connectivity index (χ1n) is 11.2. The van der Waals surface area contributed by atoms with E-state index in [2.05, 4.69) is 15.3 Å². The first-order chi connectivity index (χ1) is 14.6. The van der Waals surface area contributed by atoms with Gasteiger partial charge in [-0.1, -0.05) is 6.07 Å². The second-order valence-corrected chi connectivity index (χ2v) is 9.96. The Morgan fingerprint density at radius 3 is 2.53 bits per heavy atom. The van der Waals surface area contributed by atoms with Gasteiger partial charge in [0.05, 0.1) is 0 Å². The van der Waals surface area contributed by atoms with Crippen LogP contribution in [-0.2, 0) is 4.79 Å². The second kappa shape index (κ2) is 6.66. The Morgan fingerprint density at radius 1 is 1.10 bits per heavy atom. The Kier molecular flexibility index (Phi) is 4.02. The number of aromatic nitrogens is 2. The van der Waals surface area contributed by atoms with E-state index in [0.717, 1.165) is 34.6 Å². The maximum absolute atomic E-state index is 13.1. The summed E-state index contributed by atoms with van der Waals surface area (Å²) in [6.07, 6.45) is 10.3. The van der Waals surface area contributed by atoms with Crippen molar-refractivity contribution in [2.75, 3.05) is 5.32 Å². The van der Waals surface area contributed by atoms with Crippen LogP contribution in [0, 0.1) is 30.1 Å². The maximum atomic E-state index is 13.1. The fraction of sp³-hybridized carbons (Fsp3) is 0.480. The molecule has 4 saturated carbocycles. The average Bonchev–Trinajstić information content (AvgIpc) is 3.12. The number of hydrogen-bond acceptors (Lipinski definition) is 4. The van der Waals surface area contributed by atoms with Gasteiger partial charge in [0.1, 0.15) is 0 Å². The maximum Gasteiger partial charge on any atom is 0.229 e. The molecule has 0 unspecified atom stereocenters. The molecule has 0 spiro atoms. The first-order valence-corrected chi connectivity index (χ1v) is 11.2.